The molecule has 1 aromatic rings. The van der Waals surface area contributed by atoms with Crippen molar-refractivity contribution in [2.24, 2.45) is 0 Å². The first-order chi connectivity index (χ1) is 9.51. The van der Waals surface area contributed by atoms with Crippen molar-refractivity contribution < 1.29 is 15.0 Å². The standard InChI is InChI=1S/C15H20ClNO3/c1-2-7-15(14(19)20)8-4-9-17(15)10-11-12(16)5-3-6-13(11)18/h3,5-6,18H,2,4,7-10H2,1H3,(H,19,20). The maximum atomic E-state index is 11.7. The summed E-state index contributed by atoms with van der Waals surface area (Å²) in [7, 11) is 0. The first kappa shape index (κ1) is 15.1. The number of hydrogen-bond donors (Lipinski definition) is 2. The lowest BCUT2D eigenvalue weighted by Gasteiger charge is -2.35. The highest BCUT2D eigenvalue weighted by molar-refractivity contribution is 6.31. The first-order valence-electron chi connectivity index (χ1n) is 6.96. The summed E-state index contributed by atoms with van der Waals surface area (Å²) in [6.07, 6.45) is 2.95. The number of likely N-dealkylation sites (tertiary alicyclic amines) is 1. The summed E-state index contributed by atoms with van der Waals surface area (Å²) < 4.78 is 0. The van der Waals surface area contributed by atoms with Gasteiger partial charge in [0.05, 0.1) is 0 Å². The predicted molar refractivity (Wildman–Crippen MR) is 78.0 cm³/mol. The normalized spacial score (nSPS) is 23.1. The van der Waals surface area contributed by atoms with E-state index in [-0.39, 0.29) is 5.75 Å². The Morgan fingerprint density at radius 3 is 2.85 bits per heavy atom. The molecular weight excluding hydrogens is 278 g/mol. The van der Waals surface area contributed by atoms with Gasteiger partial charge < -0.3 is 10.2 Å². The number of nitrogens with zero attached hydrogens (tertiary/aromatic N) is 1. The summed E-state index contributed by atoms with van der Waals surface area (Å²) in [5.74, 6) is -0.649. The van der Waals surface area contributed by atoms with Gasteiger partial charge in [0.2, 0.25) is 0 Å². The molecule has 5 heteroatoms. The van der Waals surface area contributed by atoms with Crippen LogP contribution in [0.25, 0.3) is 0 Å². The predicted octanol–water partition coefficient (Wildman–Crippen LogP) is 3.26. The van der Waals surface area contributed by atoms with Gasteiger partial charge in [-0.15, -0.1) is 0 Å². The maximum Gasteiger partial charge on any atom is 0.324 e. The molecule has 2 N–H and O–H groups in total. The monoisotopic (exact) mass is 297 g/mol. The van der Waals surface area contributed by atoms with Gasteiger partial charge in [-0.1, -0.05) is 31.0 Å². The van der Waals surface area contributed by atoms with Crippen molar-refractivity contribution in [3.05, 3.63) is 28.8 Å². The van der Waals surface area contributed by atoms with Crippen LogP contribution in [0.5, 0.6) is 5.75 Å². The van der Waals surface area contributed by atoms with Crippen LogP contribution in [0, 0.1) is 0 Å². The lowest BCUT2D eigenvalue weighted by Crippen LogP contribution is -2.50. The smallest absolute Gasteiger partial charge is 0.324 e. The van der Waals surface area contributed by atoms with Gasteiger partial charge in [0.15, 0.2) is 0 Å². The zero-order valence-corrected chi connectivity index (χ0v) is 12.4. The highest BCUT2D eigenvalue weighted by Gasteiger charge is 2.46. The number of carboxylic acid groups (broad SMARTS) is 1. The molecule has 1 unspecified atom stereocenters. The van der Waals surface area contributed by atoms with E-state index in [1.54, 1.807) is 18.2 Å². The van der Waals surface area contributed by atoms with E-state index in [1.165, 1.54) is 0 Å². The molecule has 1 aliphatic heterocycles. The molecule has 4 nitrogen and oxygen atoms in total. The number of carbonyl (C=O) groups is 1. The van der Waals surface area contributed by atoms with Crippen molar-refractivity contribution >= 4 is 17.6 Å². The van der Waals surface area contributed by atoms with Gasteiger partial charge in [0.1, 0.15) is 11.3 Å². The number of hydrogen-bond acceptors (Lipinski definition) is 3. The van der Waals surface area contributed by atoms with E-state index in [0.29, 0.717) is 30.0 Å². The van der Waals surface area contributed by atoms with Crippen LogP contribution in [0.4, 0.5) is 0 Å². The Morgan fingerprint density at radius 1 is 1.50 bits per heavy atom. The Labute approximate surface area is 124 Å². The summed E-state index contributed by atoms with van der Waals surface area (Å²) in [6, 6.07) is 4.98. The zero-order valence-electron chi connectivity index (χ0n) is 11.6. The number of aromatic hydroxyl groups is 1. The van der Waals surface area contributed by atoms with E-state index in [4.69, 9.17) is 11.6 Å². The fourth-order valence-electron chi connectivity index (χ4n) is 3.11. The number of aliphatic carboxylic acids is 1. The van der Waals surface area contributed by atoms with Crippen LogP contribution in [0.15, 0.2) is 18.2 Å². The van der Waals surface area contributed by atoms with Crippen LogP contribution in [0.1, 0.15) is 38.2 Å². The molecule has 1 aromatic carbocycles. The molecule has 1 atom stereocenters. The summed E-state index contributed by atoms with van der Waals surface area (Å²) in [6.45, 7) is 3.09. The Balaban J connectivity index is 2.29. The van der Waals surface area contributed by atoms with Crippen molar-refractivity contribution in [3.8, 4) is 5.75 Å². The van der Waals surface area contributed by atoms with Crippen molar-refractivity contribution in [1.82, 2.24) is 4.90 Å². The van der Waals surface area contributed by atoms with Gasteiger partial charge in [0.25, 0.3) is 0 Å². The molecule has 1 heterocycles. The Kier molecular flexibility index (Phi) is 4.55. The fraction of sp³-hybridized carbons (Fsp3) is 0.533. The lowest BCUT2D eigenvalue weighted by molar-refractivity contribution is -0.150. The van der Waals surface area contributed by atoms with E-state index in [1.807, 2.05) is 11.8 Å². The van der Waals surface area contributed by atoms with Gasteiger partial charge in [-0.3, -0.25) is 9.69 Å². The zero-order chi connectivity index (χ0) is 14.8. The number of rotatable bonds is 5. The van der Waals surface area contributed by atoms with E-state index in [2.05, 4.69) is 0 Å². The number of carboxylic acids is 1. The molecule has 1 fully saturated rings. The maximum absolute atomic E-state index is 11.7. The quantitative estimate of drug-likeness (QED) is 0.876. The molecule has 0 saturated carbocycles. The van der Waals surface area contributed by atoms with Crippen LogP contribution in [0.3, 0.4) is 0 Å². The van der Waals surface area contributed by atoms with E-state index in [0.717, 1.165) is 19.4 Å². The third-order valence-corrected chi connectivity index (χ3v) is 4.48. The minimum Gasteiger partial charge on any atom is -0.508 e. The molecule has 1 saturated heterocycles. The fourth-order valence-corrected chi connectivity index (χ4v) is 3.33. The average molecular weight is 298 g/mol. The van der Waals surface area contributed by atoms with Gasteiger partial charge in [-0.25, -0.2) is 0 Å². The second-order valence-electron chi connectivity index (χ2n) is 5.35. The molecule has 1 aliphatic rings. The number of phenols is 1. The molecular formula is C15H20ClNO3. The molecule has 0 aliphatic carbocycles. The molecule has 0 amide bonds. The van der Waals surface area contributed by atoms with Crippen molar-refractivity contribution in [3.63, 3.8) is 0 Å². The third-order valence-electron chi connectivity index (χ3n) is 4.13. The second kappa shape index (κ2) is 6.02. The minimum atomic E-state index is -0.819. The van der Waals surface area contributed by atoms with E-state index < -0.39 is 11.5 Å². The van der Waals surface area contributed by atoms with Crippen LogP contribution in [-0.4, -0.2) is 33.2 Å². The van der Waals surface area contributed by atoms with Crippen molar-refractivity contribution in [2.45, 2.75) is 44.7 Å². The molecule has 0 radical (unpaired) electrons. The Bertz CT molecular complexity index is 486. The number of phenolic OH excluding ortho intramolecular Hbond substituents is 1. The molecule has 20 heavy (non-hydrogen) atoms. The van der Waals surface area contributed by atoms with Crippen molar-refractivity contribution in [1.29, 1.82) is 0 Å². The minimum absolute atomic E-state index is 0.125. The highest BCUT2D eigenvalue weighted by atomic mass is 35.5. The van der Waals surface area contributed by atoms with Crippen LogP contribution >= 0.6 is 11.6 Å². The first-order valence-corrected chi connectivity index (χ1v) is 7.34. The topological polar surface area (TPSA) is 60.8 Å². The summed E-state index contributed by atoms with van der Waals surface area (Å²) in [5.41, 5.74) is -0.210. The lowest BCUT2D eigenvalue weighted by atomic mass is 9.90. The van der Waals surface area contributed by atoms with Crippen LogP contribution < -0.4 is 0 Å². The molecule has 0 spiro atoms. The average Bonchev–Trinajstić information content (AvgIpc) is 2.79. The number of halogens is 1. The van der Waals surface area contributed by atoms with Crippen molar-refractivity contribution in [2.75, 3.05) is 6.54 Å². The summed E-state index contributed by atoms with van der Waals surface area (Å²) in [5, 5.41) is 20.1. The van der Waals surface area contributed by atoms with Crippen LogP contribution in [-0.2, 0) is 11.3 Å². The molecule has 0 aromatic heterocycles. The summed E-state index contributed by atoms with van der Waals surface area (Å²) in [4.78, 5) is 13.7. The second-order valence-corrected chi connectivity index (χ2v) is 5.76. The third kappa shape index (κ3) is 2.63. The molecule has 2 rings (SSSR count). The van der Waals surface area contributed by atoms with E-state index in [9.17, 15) is 15.0 Å². The Morgan fingerprint density at radius 2 is 2.25 bits per heavy atom. The van der Waals surface area contributed by atoms with Gasteiger partial charge >= 0.3 is 5.97 Å². The highest BCUT2D eigenvalue weighted by Crippen LogP contribution is 2.37. The van der Waals surface area contributed by atoms with Crippen LogP contribution in [0.2, 0.25) is 5.02 Å². The number of benzene rings is 1. The largest absolute Gasteiger partial charge is 0.508 e. The SMILES string of the molecule is CCCC1(C(=O)O)CCCN1Cc1c(O)cccc1Cl. The van der Waals surface area contributed by atoms with Gasteiger partial charge in [-0.2, -0.15) is 0 Å². The summed E-state index contributed by atoms with van der Waals surface area (Å²) >= 11 is 6.12. The van der Waals surface area contributed by atoms with Gasteiger partial charge in [0, 0.05) is 17.1 Å². The van der Waals surface area contributed by atoms with Gasteiger partial charge in [-0.05, 0) is 37.9 Å². The molecule has 0 bridgehead atoms. The molecule has 110 valence electrons. The van der Waals surface area contributed by atoms with E-state index >= 15 is 0 Å². The Hall–Kier alpha value is -1.26.